The fourth-order valence-electron chi connectivity index (χ4n) is 8.30. The van der Waals surface area contributed by atoms with E-state index in [9.17, 15) is 0 Å². The molecule has 7 heteroatoms. The third-order valence-electron chi connectivity index (χ3n) is 11.1. The Morgan fingerprint density at radius 3 is 1.78 bits per heavy atom. The molecule has 276 valence electrons. The SMILES string of the molecule is c1ccc(-c2nc(-c3ccccc3)nc(-c3ccc4oc(-c5cccc(-n6c7ccccc7c7cc(-c8cccc9c8oc8ccccc89)ccc76)c5)nc4c3)n2)cc1. The maximum atomic E-state index is 6.43. The number of oxazole rings is 1. The average Bonchev–Trinajstić information content (AvgIpc) is 4.01. The van der Waals surface area contributed by atoms with Crippen LogP contribution >= 0.6 is 0 Å². The summed E-state index contributed by atoms with van der Waals surface area (Å²) in [6, 6.07) is 64.1. The van der Waals surface area contributed by atoms with Crippen LogP contribution in [0, 0.1) is 0 Å². The van der Waals surface area contributed by atoms with E-state index in [0.29, 0.717) is 28.9 Å². The molecule has 12 rings (SSSR count). The number of aromatic nitrogens is 5. The number of para-hydroxylation sites is 3. The van der Waals surface area contributed by atoms with Gasteiger partial charge in [-0.15, -0.1) is 0 Å². The third-order valence-corrected chi connectivity index (χ3v) is 11.1. The Bertz CT molecular complexity index is 3510. The van der Waals surface area contributed by atoms with Gasteiger partial charge in [0.2, 0.25) is 5.89 Å². The second-order valence-electron chi connectivity index (χ2n) is 14.7. The maximum Gasteiger partial charge on any atom is 0.227 e. The van der Waals surface area contributed by atoms with E-state index in [2.05, 4.69) is 95.6 Å². The minimum Gasteiger partial charge on any atom is -0.455 e. The predicted octanol–water partition coefficient (Wildman–Crippen LogP) is 13.3. The monoisotopic (exact) mass is 757 g/mol. The zero-order valence-corrected chi connectivity index (χ0v) is 31.5. The van der Waals surface area contributed by atoms with Crippen LogP contribution in [0.3, 0.4) is 0 Å². The second-order valence-corrected chi connectivity index (χ2v) is 14.7. The molecule has 12 aromatic rings. The van der Waals surface area contributed by atoms with Crippen LogP contribution in [0.5, 0.6) is 0 Å². The van der Waals surface area contributed by atoms with E-state index < -0.39 is 0 Å². The van der Waals surface area contributed by atoms with E-state index >= 15 is 0 Å². The summed E-state index contributed by atoms with van der Waals surface area (Å²) in [5.74, 6) is 2.32. The van der Waals surface area contributed by atoms with Crippen molar-refractivity contribution < 1.29 is 8.83 Å². The average molecular weight is 758 g/mol. The van der Waals surface area contributed by atoms with Crippen LogP contribution in [0.15, 0.2) is 197 Å². The van der Waals surface area contributed by atoms with E-state index in [1.54, 1.807) is 0 Å². The first kappa shape index (κ1) is 33.0. The normalized spacial score (nSPS) is 11.7. The van der Waals surface area contributed by atoms with Gasteiger partial charge in [0.15, 0.2) is 23.1 Å². The van der Waals surface area contributed by atoms with E-state index in [1.807, 2.05) is 97.1 Å². The van der Waals surface area contributed by atoms with E-state index in [4.69, 9.17) is 28.8 Å². The molecule has 0 aliphatic heterocycles. The molecule has 0 aliphatic carbocycles. The van der Waals surface area contributed by atoms with Crippen LogP contribution in [0.4, 0.5) is 0 Å². The van der Waals surface area contributed by atoms with Gasteiger partial charge >= 0.3 is 0 Å². The summed E-state index contributed by atoms with van der Waals surface area (Å²) in [4.78, 5) is 19.7. The summed E-state index contributed by atoms with van der Waals surface area (Å²) >= 11 is 0. The first-order valence-corrected chi connectivity index (χ1v) is 19.5. The summed E-state index contributed by atoms with van der Waals surface area (Å²) in [7, 11) is 0. The van der Waals surface area contributed by atoms with Crippen molar-refractivity contribution in [1.29, 1.82) is 0 Å². The molecule has 0 saturated carbocycles. The number of benzene rings is 8. The summed E-state index contributed by atoms with van der Waals surface area (Å²) in [6.45, 7) is 0. The summed E-state index contributed by atoms with van der Waals surface area (Å²) < 4.78 is 15.2. The quantitative estimate of drug-likeness (QED) is 0.168. The predicted molar refractivity (Wildman–Crippen MR) is 236 cm³/mol. The highest BCUT2D eigenvalue weighted by Gasteiger charge is 2.19. The van der Waals surface area contributed by atoms with Gasteiger partial charge in [0.05, 0.1) is 11.0 Å². The fraction of sp³-hybridized carbons (Fsp3) is 0. The van der Waals surface area contributed by atoms with Gasteiger partial charge in [0.25, 0.3) is 0 Å². The molecule has 0 spiro atoms. The summed E-state index contributed by atoms with van der Waals surface area (Å²) in [5.41, 5.74) is 12.1. The molecule has 59 heavy (non-hydrogen) atoms. The van der Waals surface area contributed by atoms with Gasteiger partial charge in [0.1, 0.15) is 16.7 Å². The molecule has 4 aromatic heterocycles. The van der Waals surface area contributed by atoms with Gasteiger partial charge < -0.3 is 13.4 Å². The molecule has 7 nitrogen and oxygen atoms in total. The number of fused-ring (bicyclic) bond motifs is 7. The second kappa shape index (κ2) is 13.2. The van der Waals surface area contributed by atoms with Crippen molar-refractivity contribution >= 4 is 54.8 Å². The van der Waals surface area contributed by atoms with Crippen LogP contribution in [0.2, 0.25) is 0 Å². The topological polar surface area (TPSA) is 82.8 Å². The molecule has 0 saturated heterocycles. The lowest BCUT2D eigenvalue weighted by atomic mass is 10.0. The first-order valence-electron chi connectivity index (χ1n) is 19.5. The van der Waals surface area contributed by atoms with Crippen LogP contribution in [-0.4, -0.2) is 24.5 Å². The van der Waals surface area contributed by atoms with E-state index in [-0.39, 0.29) is 0 Å². The molecular formula is C52H31N5O2. The molecule has 0 bridgehead atoms. The molecule has 0 aliphatic rings. The Kier molecular flexibility index (Phi) is 7.40. The van der Waals surface area contributed by atoms with Crippen molar-refractivity contribution in [3.8, 4) is 62.4 Å². The lowest BCUT2D eigenvalue weighted by Gasteiger charge is -2.09. The number of rotatable bonds is 6. The van der Waals surface area contributed by atoms with Crippen molar-refractivity contribution in [2.24, 2.45) is 0 Å². The summed E-state index contributed by atoms with van der Waals surface area (Å²) in [6.07, 6.45) is 0. The van der Waals surface area contributed by atoms with Crippen LogP contribution in [0.1, 0.15) is 0 Å². The number of hydrogen-bond acceptors (Lipinski definition) is 6. The minimum atomic E-state index is 0.534. The third kappa shape index (κ3) is 5.51. The largest absolute Gasteiger partial charge is 0.455 e. The van der Waals surface area contributed by atoms with Crippen molar-refractivity contribution in [3.63, 3.8) is 0 Å². The maximum absolute atomic E-state index is 6.43. The molecule has 0 N–H and O–H groups in total. The van der Waals surface area contributed by atoms with Gasteiger partial charge in [0, 0.05) is 55.0 Å². The zero-order chi connectivity index (χ0) is 38.9. The first-order chi connectivity index (χ1) is 29.2. The highest BCUT2D eigenvalue weighted by Crippen LogP contribution is 2.40. The van der Waals surface area contributed by atoms with Crippen LogP contribution in [-0.2, 0) is 0 Å². The van der Waals surface area contributed by atoms with Crippen LogP contribution in [0.25, 0.3) is 117 Å². The Balaban J connectivity index is 0.939. The lowest BCUT2D eigenvalue weighted by Crippen LogP contribution is -2.00. The standard InChI is InChI=1S/C52H31N5O2/c1-3-13-32(14-4-1)49-54-50(33-15-5-2-6-16-33)56-51(55-49)35-26-28-47-43(31-35)53-52(59-47)36-17-11-18-37(29-36)57-44-23-9-7-19-39(44)42-30-34(25-27-45(42)57)38-21-12-22-41-40-20-8-10-24-46(40)58-48(38)41/h1-31H. The number of nitrogens with zero attached hydrogens (tertiary/aromatic N) is 5. The van der Waals surface area contributed by atoms with Gasteiger partial charge in [-0.3, -0.25) is 0 Å². The Morgan fingerprint density at radius 1 is 0.356 bits per heavy atom. The number of furan rings is 1. The molecule has 0 atom stereocenters. The van der Waals surface area contributed by atoms with Crippen molar-refractivity contribution in [3.05, 3.63) is 188 Å². The molecule has 0 amide bonds. The number of hydrogen-bond donors (Lipinski definition) is 0. The van der Waals surface area contributed by atoms with Crippen molar-refractivity contribution in [2.75, 3.05) is 0 Å². The molecule has 0 fully saturated rings. The molecule has 4 heterocycles. The van der Waals surface area contributed by atoms with Gasteiger partial charge in [-0.1, -0.05) is 127 Å². The highest BCUT2D eigenvalue weighted by atomic mass is 16.3. The van der Waals surface area contributed by atoms with E-state index in [1.165, 1.54) is 5.39 Å². The van der Waals surface area contributed by atoms with Crippen molar-refractivity contribution in [2.45, 2.75) is 0 Å². The Hall–Kier alpha value is -8.16. The smallest absolute Gasteiger partial charge is 0.227 e. The Labute approximate surface area is 337 Å². The van der Waals surface area contributed by atoms with E-state index in [0.717, 1.165) is 82.9 Å². The fourth-order valence-corrected chi connectivity index (χ4v) is 8.30. The summed E-state index contributed by atoms with van der Waals surface area (Å²) in [5, 5.41) is 4.58. The highest BCUT2D eigenvalue weighted by molar-refractivity contribution is 6.13. The zero-order valence-electron chi connectivity index (χ0n) is 31.5. The molecular weight excluding hydrogens is 727 g/mol. The van der Waals surface area contributed by atoms with Gasteiger partial charge in [-0.25, -0.2) is 19.9 Å². The van der Waals surface area contributed by atoms with Crippen molar-refractivity contribution in [1.82, 2.24) is 24.5 Å². The van der Waals surface area contributed by atoms with Gasteiger partial charge in [-0.05, 0) is 66.2 Å². The Morgan fingerprint density at radius 2 is 0.983 bits per heavy atom. The van der Waals surface area contributed by atoms with Gasteiger partial charge in [-0.2, -0.15) is 0 Å². The molecule has 0 unspecified atom stereocenters. The molecule has 0 radical (unpaired) electrons. The molecule has 8 aromatic carbocycles. The lowest BCUT2D eigenvalue weighted by molar-refractivity contribution is 0.620. The minimum absolute atomic E-state index is 0.534. The van der Waals surface area contributed by atoms with Crippen LogP contribution < -0.4 is 0 Å².